The van der Waals surface area contributed by atoms with Crippen LogP contribution in [-0.4, -0.2) is 39.0 Å². The number of sulfonamides is 1. The van der Waals surface area contributed by atoms with Crippen LogP contribution in [0.2, 0.25) is 0 Å². The van der Waals surface area contributed by atoms with Crippen LogP contribution in [0.25, 0.3) is 0 Å². The van der Waals surface area contributed by atoms with Crippen LogP contribution in [0.1, 0.15) is 19.3 Å². The van der Waals surface area contributed by atoms with E-state index < -0.39 is 20.7 Å². The maximum absolute atomic E-state index is 13.9. The number of hydrogen-bond acceptors (Lipinski definition) is 4. The molecule has 1 fully saturated rings. The summed E-state index contributed by atoms with van der Waals surface area (Å²) in [5.41, 5.74) is 5.83. The second kappa shape index (κ2) is 6.60. The van der Waals surface area contributed by atoms with Crippen LogP contribution >= 0.6 is 15.9 Å². The molecule has 0 bridgehead atoms. The third kappa shape index (κ3) is 3.74. The van der Waals surface area contributed by atoms with E-state index in [2.05, 4.69) is 15.9 Å². The van der Waals surface area contributed by atoms with Gasteiger partial charge in [-0.25, -0.2) is 12.8 Å². The van der Waals surface area contributed by atoms with Gasteiger partial charge in [0, 0.05) is 30.4 Å². The molecule has 0 amide bonds. The zero-order valence-corrected chi connectivity index (χ0v) is 14.1. The summed E-state index contributed by atoms with van der Waals surface area (Å²) in [6, 6.07) is 2.19. The summed E-state index contributed by atoms with van der Waals surface area (Å²) in [4.78, 5) is -0.415. The average Bonchev–Trinajstić information content (AvgIpc) is 2.43. The molecule has 0 saturated carbocycles. The molecule has 0 aromatic heterocycles. The standard InChI is InChI=1S/C13H18BrFN2O3S/c1-17(8-9-4-2-3-5-20-9)21(18,19)13-7-12(16)10(14)6-11(13)15/h6-7,9H,2-5,8,16H2,1H3. The molecule has 1 heterocycles. The third-order valence-corrected chi connectivity index (χ3v) is 6.00. The Bertz CT molecular complexity index is 618. The number of ether oxygens (including phenoxy) is 1. The number of nitrogen functional groups attached to an aromatic ring is 1. The normalized spacial score (nSPS) is 19.9. The van der Waals surface area contributed by atoms with E-state index in [1.165, 1.54) is 7.05 Å². The lowest BCUT2D eigenvalue weighted by Crippen LogP contribution is -2.37. The topological polar surface area (TPSA) is 72.6 Å². The molecule has 0 aliphatic carbocycles. The predicted octanol–water partition coefficient (Wildman–Crippen LogP) is 2.36. The Kier molecular flexibility index (Phi) is 5.24. The Labute approximate surface area is 132 Å². The van der Waals surface area contributed by atoms with Crippen molar-refractivity contribution in [1.82, 2.24) is 4.31 Å². The van der Waals surface area contributed by atoms with Gasteiger partial charge in [-0.3, -0.25) is 0 Å². The summed E-state index contributed by atoms with van der Waals surface area (Å²) in [5.74, 6) is -0.826. The van der Waals surface area contributed by atoms with Crippen LogP contribution in [0.5, 0.6) is 0 Å². The summed E-state index contributed by atoms with van der Waals surface area (Å²) >= 11 is 3.07. The molecule has 118 valence electrons. The van der Waals surface area contributed by atoms with Gasteiger partial charge in [0.15, 0.2) is 0 Å². The Morgan fingerprint density at radius 2 is 2.19 bits per heavy atom. The predicted molar refractivity (Wildman–Crippen MR) is 81.9 cm³/mol. The third-order valence-electron chi connectivity index (χ3n) is 3.47. The van der Waals surface area contributed by atoms with Gasteiger partial charge in [0.2, 0.25) is 10.0 Å². The molecular weight excluding hydrogens is 363 g/mol. The monoisotopic (exact) mass is 380 g/mol. The van der Waals surface area contributed by atoms with E-state index in [-0.39, 0.29) is 18.3 Å². The number of benzene rings is 1. The van der Waals surface area contributed by atoms with Crippen LogP contribution in [-0.2, 0) is 14.8 Å². The second-order valence-corrected chi connectivity index (χ2v) is 7.95. The lowest BCUT2D eigenvalue weighted by atomic mass is 10.1. The average molecular weight is 381 g/mol. The second-order valence-electron chi connectivity index (χ2n) is 5.08. The summed E-state index contributed by atoms with van der Waals surface area (Å²) in [7, 11) is -2.51. The highest BCUT2D eigenvalue weighted by Crippen LogP contribution is 2.28. The van der Waals surface area contributed by atoms with Crippen molar-refractivity contribution in [2.45, 2.75) is 30.3 Å². The van der Waals surface area contributed by atoms with E-state index in [1.54, 1.807) is 0 Å². The first-order chi connectivity index (χ1) is 9.82. The minimum atomic E-state index is -3.93. The Hall–Kier alpha value is -0.700. The van der Waals surface area contributed by atoms with Crippen LogP contribution in [0.4, 0.5) is 10.1 Å². The molecule has 0 spiro atoms. The first kappa shape index (κ1) is 16.7. The van der Waals surface area contributed by atoms with E-state index in [1.807, 2.05) is 0 Å². The van der Waals surface area contributed by atoms with Gasteiger partial charge in [-0.05, 0) is 47.3 Å². The SMILES string of the molecule is CN(CC1CCCCO1)S(=O)(=O)c1cc(N)c(Br)cc1F. The minimum absolute atomic E-state index is 0.144. The van der Waals surface area contributed by atoms with Gasteiger partial charge in [0.25, 0.3) is 0 Å². The van der Waals surface area contributed by atoms with Gasteiger partial charge in [-0.15, -0.1) is 0 Å². The van der Waals surface area contributed by atoms with Gasteiger partial charge < -0.3 is 10.5 Å². The molecule has 1 saturated heterocycles. The quantitative estimate of drug-likeness (QED) is 0.813. The fourth-order valence-corrected chi connectivity index (χ4v) is 3.84. The van der Waals surface area contributed by atoms with Gasteiger partial charge in [0.05, 0.1) is 6.10 Å². The number of anilines is 1. The fraction of sp³-hybridized carbons (Fsp3) is 0.538. The maximum atomic E-state index is 13.9. The molecule has 1 aliphatic rings. The molecule has 2 rings (SSSR count). The Morgan fingerprint density at radius 3 is 2.81 bits per heavy atom. The van der Waals surface area contributed by atoms with Crippen LogP contribution < -0.4 is 5.73 Å². The molecule has 1 aromatic carbocycles. The number of halogens is 2. The van der Waals surface area contributed by atoms with E-state index in [0.717, 1.165) is 35.7 Å². The number of likely N-dealkylation sites (N-methyl/N-ethyl adjacent to an activating group) is 1. The smallest absolute Gasteiger partial charge is 0.245 e. The molecular formula is C13H18BrFN2O3S. The summed E-state index contributed by atoms with van der Waals surface area (Å²) in [5, 5.41) is 0. The van der Waals surface area contributed by atoms with Crippen LogP contribution in [0.3, 0.4) is 0 Å². The Morgan fingerprint density at radius 1 is 1.48 bits per heavy atom. The lowest BCUT2D eigenvalue weighted by molar-refractivity contribution is 0.00856. The number of nitrogens with two attached hydrogens (primary N) is 1. The highest BCUT2D eigenvalue weighted by atomic mass is 79.9. The minimum Gasteiger partial charge on any atom is -0.398 e. The zero-order chi connectivity index (χ0) is 15.6. The van der Waals surface area contributed by atoms with Gasteiger partial charge >= 0.3 is 0 Å². The summed E-state index contributed by atoms with van der Waals surface area (Å²) in [6.45, 7) is 0.843. The summed E-state index contributed by atoms with van der Waals surface area (Å²) < 4.78 is 45.8. The van der Waals surface area contributed by atoms with Crippen molar-refractivity contribution < 1.29 is 17.5 Å². The van der Waals surface area contributed by atoms with Crippen molar-refractivity contribution in [3.05, 3.63) is 22.4 Å². The number of rotatable bonds is 4. The van der Waals surface area contributed by atoms with Crippen molar-refractivity contribution in [3.8, 4) is 0 Å². The van der Waals surface area contributed by atoms with E-state index >= 15 is 0 Å². The van der Waals surface area contributed by atoms with Crippen LogP contribution in [0.15, 0.2) is 21.5 Å². The zero-order valence-electron chi connectivity index (χ0n) is 11.7. The first-order valence-electron chi connectivity index (χ1n) is 6.65. The van der Waals surface area contributed by atoms with Gasteiger partial charge in [-0.2, -0.15) is 4.31 Å². The number of hydrogen-bond donors (Lipinski definition) is 1. The fourth-order valence-electron chi connectivity index (χ4n) is 2.25. The van der Waals surface area contributed by atoms with Crippen molar-refractivity contribution in [2.75, 3.05) is 25.9 Å². The van der Waals surface area contributed by atoms with E-state index in [9.17, 15) is 12.8 Å². The molecule has 1 aromatic rings. The van der Waals surface area contributed by atoms with E-state index in [4.69, 9.17) is 10.5 Å². The van der Waals surface area contributed by atoms with Crippen molar-refractivity contribution in [3.63, 3.8) is 0 Å². The largest absolute Gasteiger partial charge is 0.398 e. The number of nitrogens with zero attached hydrogens (tertiary/aromatic N) is 1. The van der Waals surface area contributed by atoms with Crippen molar-refractivity contribution >= 4 is 31.6 Å². The molecule has 1 aliphatic heterocycles. The molecule has 0 radical (unpaired) electrons. The van der Waals surface area contributed by atoms with Crippen molar-refractivity contribution in [2.24, 2.45) is 0 Å². The maximum Gasteiger partial charge on any atom is 0.245 e. The molecule has 21 heavy (non-hydrogen) atoms. The molecule has 8 heteroatoms. The van der Waals surface area contributed by atoms with Crippen LogP contribution in [0, 0.1) is 5.82 Å². The molecule has 1 unspecified atom stereocenters. The highest BCUT2D eigenvalue weighted by molar-refractivity contribution is 9.10. The lowest BCUT2D eigenvalue weighted by Gasteiger charge is -2.27. The highest BCUT2D eigenvalue weighted by Gasteiger charge is 2.28. The van der Waals surface area contributed by atoms with Gasteiger partial charge in [-0.1, -0.05) is 0 Å². The molecule has 1 atom stereocenters. The van der Waals surface area contributed by atoms with Crippen molar-refractivity contribution in [1.29, 1.82) is 0 Å². The molecule has 2 N–H and O–H groups in total. The summed E-state index contributed by atoms with van der Waals surface area (Å²) in [6.07, 6.45) is 2.67. The first-order valence-corrected chi connectivity index (χ1v) is 8.88. The van der Waals surface area contributed by atoms with E-state index in [0.29, 0.717) is 11.1 Å². The Balaban J connectivity index is 2.22. The van der Waals surface area contributed by atoms with Gasteiger partial charge in [0.1, 0.15) is 10.7 Å². The molecule has 5 nitrogen and oxygen atoms in total.